The summed E-state index contributed by atoms with van der Waals surface area (Å²) in [4.78, 5) is 33.2. The summed E-state index contributed by atoms with van der Waals surface area (Å²) in [6.45, 7) is 0. The maximum atomic E-state index is 12.8. The molecule has 4 aromatic rings. The standard InChI is InChI=1S/C24H14F3N5O2/c25-24(26,27)16-2-1-3-18(11-16)32-23(34)31-17-7-4-14(5-8-17)22(33)15-6-9-20-21(10-15)30-19(12-28)13-29-20/h1-11,13H,(H2,31,32,34). The third-order valence-electron chi connectivity index (χ3n) is 4.77. The molecule has 0 saturated carbocycles. The minimum Gasteiger partial charge on any atom is -0.308 e. The van der Waals surface area contributed by atoms with E-state index in [4.69, 9.17) is 5.26 Å². The first kappa shape index (κ1) is 22.4. The van der Waals surface area contributed by atoms with Crippen molar-refractivity contribution in [2.24, 2.45) is 0 Å². The zero-order valence-corrected chi connectivity index (χ0v) is 17.2. The second kappa shape index (κ2) is 8.99. The number of hydrogen-bond acceptors (Lipinski definition) is 5. The van der Waals surface area contributed by atoms with Crippen molar-refractivity contribution in [3.63, 3.8) is 0 Å². The van der Waals surface area contributed by atoms with Gasteiger partial charge < -0.3 is 10.6 Å². The topological polar surface area (TPSA) is 108 Å². The first-order chi connectivity index (χ1) is 16.2. The van der Waals surface area contributed by atoms with Crippen LogP contribution in [0.2, 0.25) is 0 Å². The Bertz CT molecular complexity index is 1440. The highest BCUT2D eigenvalue weighted by molar-refractivity contribution is 6.10. The monoisotopic (exact) mass is 461 g/mol. The van der Waals surface area contributed by atoms with Gasteiger partial charge in [-0.15, -0.1) is 0 Å². The Morgan fingerprint density at radius 1 is 0.853 bits per heavy atom. The molecule has 3 aromatic carbocycles. The molecule has 2 amide bonds. The molecule has 1 aromatic heterocycles. The van der Waals surface area contributed by atoms with Crippen molar-refractivity contribution in [2.75, 3.05) is 10.6 Å². The molecular weight excluding hydrogens is 447 g/mol. The average molecular weight is 461 g/mol. The number of rotatable bonds is 4. The Labute approximate surface area is 190 Å². The molecule has 0 atom stereocenters. The van der Waals surface area contributed by atoms with Crippen molar-refractivity contribution in [1.29, 1.82) is 5.26 Å². The summed E-state index contributed by atoms with van der Waals surface area (Å²) in [7, 11) is 0. The number of fused-ring (bicyclic) bond motifs is 1. The van der Waals surface area contributed by atoms with Crippen molar-refractivity contribution in [2.45, 2.75) is 6.18 Å². The molecule has 2 N–H and O–H groups in total. The number of amides is 2. The van der Waals surface area contributed by atoms with Gasteiger partial charge in [-0.05, 0) is 60.7 Å². The van der Waals surface area contributed by atoms with E-state index in [-0.39, 0.29) is 17.2 Å². The summed E-state index contributed by atoms with van der Waals surface area (Å²) in [6, 6.07) is 16.2. The van der Waals surface area contributed by atoms with Crippen LogP contribution in [0.15, 0.2) is 72.9 Å². The van der Waals surface area contributed by atoms with E-state index < -0.39 is 17.8 Å². The SMILES string of the molecule is N#Cc1cnc2ccc(C(=O)c3ccc(NC(=O)Nc4cccc(C(F)(F)F)c4)cc3)cc2n1. The number of urea groups is 1. The van der Waals surface area contributed by atoms with Gasteiger partial charge in [-0.1, -0.05) is 6.07 Å². The van der Waals surface area contributed by atoms with Gasteiger partial charge in [-0.25, -0.2) is 9.78 Å². The molecule has 7 nitrogen and oxygen atoms in total. The largest absolute Gasteiger partial charge is 0.416 e. The predicted octanol–water partition coefficient (Wildman–Crippen LogP) is 5.40. The third-order valence-corrected chi connectivity index (χ3v) is 4.77. The van der Waals surface area contributed by atoms with Crippen molar-refractivity contribution in [1.82, 2.24) is 9.97 Å². The summed E-state index contributed by atoms with van der Waals surface area (Å²) in [5, 5.41) is 13.8. The summed E-state index contributed by atoms with van der Waals surface area (Å²) < 4.78 is 38.4. The van der Waals surface area contributed by atoms with E-state index >= 15 is 0 Å². The van der Waals surface area contributed by atoms with Crippen LogP contribution in [0.4, 0.5) is 29.3 Å². The van der Waals surface area contributed by atoms with Gasteiger partial charge in [-0.2, -0.15) is 18.4 Å². The van der Waals surface area contributed by atoms with Crippen LogP contribution in [0.25, 0.3) is 11.0 Å². The summed E-state index contributed by atoms with van der Waals surface area (Å²) in [5.74, 6) is -0.300. The highest BCUT2D eigenvalue weighted by Crippen LogP contribution is 2.30. The van der Waals surface area contributed by atoms with E-state index in [1.807, 2.05) is 6.07 Å². The van der Waals surface area contributed by atoms with E-state index in [1.54, 1.807) is 18.2 Å². The van der Waals surface area contributed by atoms with Gasteiger partial charge in [0, 0.05) is 22.5 Å². The van der Waals surface area contributed by atoms with Crippen LogP contribution in [0, 0.1) is 11.3 Å². The summed E-state index contributed by atoms with van der Waals surface area (Å²) >= 11 is 0. The van der Waals surface area contributed by atoms with Crippen LogP contribution in [-0.2, 0) is 6.18 Å². The summed E-state index contributed by atoms with van der Waals surface area (Å²) in [6.07, 6.45) is -3.18. The Kier molecular flexibility index (Phi) is 5.93. The zero-order chi connectivity index (χ0) is 24.3. The quantitative estimate of drug-likeness (QED) is 0.396. The number of nitriles is 1. The van der Waals surface area contributed by atoms with Gasteiger partial charge in [0.2, 0.25) is 0 Å². The van der Waals surface area contributed by atoms with E-state index in [2.05, 4.69) is 20.6 Å². The van der Waals surface area contributed by atoms with Gasteiger partial charge >= 0.3 is 12.2 Å². The molecule has 0 radical (unpaired) electrons. The van der Waals surface area contributed by atoms with Crippen molar-refractivity contribution >= 4 is 34.2 Å². The second-order valence-corrected chi connectivity index (χ2v) is 7.13. The number of aromatic nitrogens is 2. The van der Waals surface area contributed by atoms with Crippen molar-refractivity contribution < 1.29 is 22.8 Å². The lowest BCUT2D eigenvalue weighted by Crippen LogP contribution is -2.19. The molecule has 0 fully saturated rings. The number of nitrogens with one attached hydrogen (secondary N) is 2. The third kappa shape index (κ3) is 4.99. The maximum Gasteiger partial charge on any atom is 0.416 e. The van der Waals surface area contributed by atoms with E-state index in [9.17, 15) is 22.8 Å². The molecule has 0 aliphatic rings. The van der Waals surface area contributed by atoms with Gasteiger partial charge in [0.25, 0.3) is 0 Å². The average Bonchev–Trinajstić information content (AvgIpc) is 2.83. The number of alkyl halides is 3. The van der Waals surface area contributed by atoms with Crippen LogP contribution < -0.4 is 10.6 Å². The Balaban J connectivity index is 1.45. The maximum absolute atomic E-state index is 12.8. The fourth-order valence-corrected chi connectivity index (χ4v) is 3.14. The molecule has 168 valence electrons. The molecule has 0 unspecified atom stereocenters. The number of nitrogens with zero attached hydrogens (tertiary/aromatic N) is 3. The fourth-order valence-electron chi connectivity index (χ4n) is 3.14. The van der Waals surface area contributed by atoms with Crippen LogP contribution in [0.1, 0.15) is 27.2 Å². The van der Waals surface area contributed by atoms with Crippen molar-refractivity contribution in [3.05, 3.63) is 95.3 Å². The first-order valence-electron chi connectivity index (χ1n) is 9.80. The number of hydrogen-bond donors (Lipinski definition) is 2. The molecule has 0 aliphatic carbocycles. The van der Waals surface area contributed by atoms with E-state index in [0.717, 1.165) is 12.1 Å². The van der Waals surface area contributed by atoms with Gasteiger partial charge in [0.05, 0.1) is 22.8 Å². The van der Waals surface area contributed by atoms with Crippen molar-refractivity contribution in [3.8, 4) is 6.07 Å². The molecule has 0 spiro atoms. The predicted molar refractivity (Wildman–Crippen MR) is 118 cm³/mol. The Morgan fingerprint density at radius 3 is 2.26 bits per heavy atom. The fraction of sp³-hybridized carbons (Fsp3) is 0.0417. The molecule has 10 heteroatoms. The second-order valence-electron chi connectivity index (χ2n) is 7.13. The molecule has 1 heterocycles. The molecular formula is C24H14F3N5O2. The van der Waals surface area contributed by atoms with Crippen LogP contribution in [0.5, 0.6) is 0 Å². The normalized spacial score (nSPS) is 11.0. The van der Waals surface area contributed by atoms with Gasteiger partial charge in [-0.3, -0.25) is 9.78 Å². The number of carbonyl (C=O) groups excluding carboxylic acids is 2. The lowest BCUT2D eigenvalue weighted by Gasteiger charge is -2.11. The lowest BCUT2D eigenvalue weighted by molar-refractivity contribution is -0.137. The molecule has 0 aliphatic heterocycles. The molecule has 34 heavy (non-hydrogen) atoms. The number of ketones is 1. The van der Waals surface area contributed by atoms with Crippen LogP contribution in [0.3, 0.4) is 0 Å². The minimum absolute atomic E-state index is 0.0157. The molecule has 0 saturated heterocycles. The number of halogens is 3. The highest BCUT2D eigenvalue weighted by Gasteiger charge is 2.30. The van der Waals surface area contributed by atoms with E-state index in [1.165, 1.54) is 42.6 Å². The van der Waals surface area contributed by atoms with E-state index in [0.29, 0.717) is 27.8 Å². The molecule has 4 rings (SSSR count). The minimum atomic E-state index is -4.52. The summed E-state index contributed by atoms with van der Waals surface area (Å²) in [5.41, 5.74) is 1.22. The smallest absolute Gasteiger partial charge is 0.308 e. The number of benzene rings is 3. The first-order valence-corrected chi connectivity index (χ1v) is 9.80. The number of carbonyl (C=O) groups is 2. The lowest BCUT2D eigenvalue weighted by atomic mass is 10.0. The molecule has 0 bridgehead atoms. The highest BCUT2D eigenvalue weighted by atomic mass is 19.4. The van der Waals surface area contributed by atoms with Gasteiger partial charge in [0.1, 0.15) is 6.07 Å². The van der Waals surface area contributed by atoms with Crippen LogP contribution >= 0.6 is 0 Å². The number of anilines is 2. The zero-order valence-electron chi connectivity index (χ0n) is 17.2. The van der Waals surface area contributed by atoms with Crippen LogP contribution in [-0.4, -0.2) is 21.8 Å². The Hall–Kier alpha value is -4.78. The van der Waals surface area contributed by atoms with Gasteiger partial charge in [0.15, 0.2) is 11.5 Å². The Morgan fingerprint density at radius 2 is 1.56 bits per heavy atom.